The van der Waals surface area contributed by atoms with Crippen molar-refractivity contribution in [2.75, 3.05) is 13.1 Å². The van der Waals surface area contributed by atoms with Crippen LogP contribution in [-0.4, -0.2) is 63.3 Å². The van der Waals surface area contributed by atoms with Crippen LogP contribution in [0.25, 0.3) is 0 Å². The van der Waals surface area contributed by atoms with Crippen molar-refractivity contribution < 1.29 is 34.6 Å². The monoisotopic (exact) mass is 413 g/mol. The first kappa shape index (κ1) is 21.7. The first-order valence-corrected chi connectivity index (χ1v) is 9.69. The third-order valence-corrected chi connectivity index (χ3v) is 5.08. The number of carbonyl (C=O) groups excluding carboxylic acids is 1. The molecule has 0 aliphatic carbocycles. The van der Waals surface area contributed by atoms with Gasteiger partial charge in [-0.2, -0.15) is 0 Å². The maximum Gasteiger partial charge on any atom is 0.451 e. The van der Waals surface area contributed by atoms with E-state index < -0.39 is 18.8 Å². The molecule has 1 heterocycles. The quantitative estimate of drug-likeness (QED) is 0.480. The standard InChI is InChI=1S/C21H24BNO7/c1-13-2-4-14(5-3-13)10-18(24)23-11-16(12-23)30-17-7-6-15(8-9-22(28)29)20(25)19(17)21(26)27/h2-7,16,25,28-29H,8-12H2,1H3,(H,26,27). The van der Waals surface area contributed by atoms with Crippen LogP contribution >= 0.6 is 0 Å². The van der Waals surface area contributed by atoms with Crippen molar-refractivity contribution in [1.82, 2.24) is 4.90 Å². The van der Waals surface area contributed by atoms with Gasteiger partial charge in [0.2, 0.25) is 5.91 Å². The van der Waals surface area contributed by atoms with Crippen LogP contribution in [0.1, 0.15) is 27.0 Å². The number of nitrogens with zero attached hydrogens (tertiary/aromatic N) is 1. The SMILES string of the molecule is Cc1ccc(CC(=O)N2CC(Oc3ccc(CCB(O)O)c(O)c3C(=O)O)C2)cc1. The molecule has 0 spiro atoms. The first-order chi connectivity index (χ1) is 14.2. The number of phenols is 1. The Morgan fingerprint density at radius 2 is 1.80 bits per heavy atom. The molecular weight excluding hydrogens is 389 g/mol. The van der Waals surface area contributed by atoms with Crippen molar-refractivity contribution >= 4 is 19.0 Å². The predicted octanol–water partition coefficient (Wildman–Crippen LogP) is 1.25. The summed E-state index contributed by atoms with van der Waals surface area (Å²) < 4.78 is 5.72. The number of ether oxygens (including phenoxy) is 1. The molecule has 0 radical (unpaired) electrons. The summed E-state index contributed by atoms with van der Waals surface area (Å²) in [6.45, 7) is 2.65. The molecule has 1 saturated heterocycles. The summed E-state index contributed by atoms with van der Waals surface area (Å²) in [4.78, 5) is 25.6. The highest BCUT2D eigenvalue weighted by molar-refractivity contribution is 6.41. The number of hydrogen-bond acceptors (Lipinski definition) is 6. The predicted molar refractivity (Wildman–Crippen MR) is 110 cm³/mol. The minimum absolute atomic E-state index is 0.0175. The summed E-state index contributed by atoms with van der Waals surface area (Å²) in [5, 5.41) is 37.7. The molecule has 2 aromatic rings. The van der Waals surface area contributed by atoms with Crippen molar-refractivity contribution in [2.24, 2.45) is 0 Å². The van der Waals surface area contributed by atoms with Gasteiger partial charge in [0.25, 0.3) is 0 Å². The van der Waals surface area contributed by atoms with Gasteiger partial charge in [-0.05, 0) is 36.9 Å². The van der Waals surface area contributed by atoms with Gasteiger partial charge in [-0.1, -0.05) is 35.9 Å². The maximum absolute atomic E-state index is 12.4. The fourth-order valence-corrected chi connectivity index (χ4v) is 3.30. The molecule has 8 nitrogen and oxygen atoms in total. The van der Waals surface area contributed by atoms with E-state index in [4.69, 9.17) is 14.8 Å². The first-order valence-electron chi connectivity index (χ1n) is 9.69. The number of aromatic hydroxyl groups is 1. The van der Waals surface area contributed by atoms with Crippen molar-refractivity contribution in [3.63, 3.8) is 0 Å². The maximum atomic E-state index is 12.4. The Kier molecular flexibility index (Phi) is 6.64. The molecule has 4 N–H and O–H groups in total. The largest absolute Gasteiger partial charge is 0.507 e. The van der Waals surface area contributed by atoms with Gasteiger partial charge < -0.3 is 29.9 Å². The average molecular weight is 413 g/mol. The molecule has 1 aliphatic heterocycles. The van der Waals surface area contributed by atoms with Crippen LogP contribution in [0.15, 0.2) is 36.4 Å². The van der Waals surface area contributed by atoms with E-state index in [2.05, 4.69) is 0 Å². The summed E-state index contributed by atoms with van der Waals surface area (Å²) in [5.74, 6) is -1.81. The van der Waals surface area contributed by atoms with Gasteiger partial charge in [-0.3, -0.25) is 4.79 Å². The molecule has 0 bridgehead atoms. The Bertz CT molecular complexity index is 924. The molecule has 1 amide bonds. The average Bonchev–Trinajstić information content (AvgIpc) is 2.64. The minimum atomic E-state index is -1.55. The highest BCUT2D eigenvalue weighted by atomic mass is 16.5. The van der Waals surface area contributed by atoms with Crippen LogP contribution < -0.4 is 4.74 Å². The third-order valence-electron chi connectivity index (χ3n) is 5.08. The molecule has 1 aliphatic rings. The van der Waals surface area contributed by atoms with Gasteiger partial charge in [0.05, 0.1) is 19.5 Å². The lowest BCUT2D eigenvalue weighted by Crippen LogP contribution is -2.56. The van der Waals surface area contributed by atoms with Gasteiger partial charge in [0, 0.05) is 0 Å². The fourth-order valence-electron chi connectivity index (χ4n) is 3.30. The number of aromatic carboxylic acids is 1. The number of hydrogen-bond donors (Lipinski definition) is 4. The zero-order valence-corrected chi connectivity index (χ0v) is 16.6. The van der Waals surface area contributed by atoms with E-state index in [-0.39, 0.29) is 41.6 Å². The number of rotatable bonds is 8. The number of carboxylic acid groups (broad SMARTS) is 1. The Labute approximate surface area is 174 Å². The summed E-state index contributed by atoms with van der Waals surface area (Å²) in [6.07, 6.45) is -0.00318. The second-order valence-corrected chi connectivity index (χ2v) is 7.47. The highest BCUT2D eigenvalue weighted by Crippen LogP contribution is 2.34. The van der Waals surface area contributed by atoms with Gasteiger partial charge >= 0.3 is 13.1 Å². The van der Waals surface area contributed by atoms with Gasteiger partial charge in [0.1, 0.15) is 23.2 Å². The number of aryl methyl sites for hydroxylation is 2. The molecule has 30 heavy (non-hydrogen) atoms. The Balaban J connectivity index is 1.60. The molecule has 0 unspecified atom stereocenters. The Morgan fingerprint density at radius 3 is 2.40 bits per heavy atom. The van der Waals surface area contributed by atoms with Crippen molar-refractivity contribution in [3.05, 3.63) is 58.7 Å². The summed E-state index contributed by atoms with van der Waals surface area (Å²) in [6, 6.07) is 10.7. The lowest BCUT2D eigenvalue weighted by Gasteiger charge is -2.39. The van der Waals surface area contributed by atoms with Crippen LogP contribution in [0.4, 0.5) is 0 Å². The van der Waals surface area contributed by atoms with E-state index >= 15 is 0 Å². The van der Waals surface area contributed by atoms with Crippen molar-refractivity contribution in [2.45, 2.75) is 32.2 Å². The van der Waals surface area contributed by atoms with Crippen LogP contribution in [0, 0.1) is 6.92 Å². The summed E-state index contributed by atoms with van der Waals surface area (Å²) in [5.41, 5.74) is 1.97. The highest BCUT2D eigenvalue weighted by Gasteiger charge is 2.33. The molecule has 0 atom stereocenters. The van der Waals surface area contributed by atoms with Gasteiger partial charge in [0.15, 0.2) is 0 Å². The number of carboxylic acids is 1. The molecule has 0 aromatic heterocycles. The zero-order chi connectivity index (χ0) is 21.8. The van der Waals surface area contributed by atoms with E-state index in [1.165, 1.54) is 12.1 Å². The summed E-state index contributed by atoms with van der Waals surface area (Å²) >= 11 is 0. The van der Waals surface area contributed by atoms with E-state index in [1.54, 1.807) is 4.90 Å². The third kappa shape index (κ3) is 5.11. The molecular formula is C21H24BNO7. The molecule has 1 fully saturated rings. The van der Waals surface area contributed by atoms with Crippen molar-refractivity contribution in [1.29, 1.82) is 0 Å². The van der Waals surface area contributed by atoms with Crippen molar-refractivity contribution in [3.8, 4) is 11.5 Å². The van der Waals surface area contributed by atoms with E-state index in [1.807, 2.05) is 31.2 Å². The Morgan fingerprint density at radius 1 is 1.13 bits per heavy atom. The Hall–Kier alpha value is -3.04. The van der Waals surface area contributed by atoms with Crippen LogP contribution in [0.5, 0.6) is 11.5 Å². The van der Waals surface area contributed by atoms with Crippen LogP contribution in [-0.2, 0) is 17.6 Å². The smallest absolute Gasteiger partial charge is 0.451 e. The second-order valence-electron chi connectivity index (χ2n) is 7.47. The number of benzene rings is 2. The van der Waals surface area contributed by atoms with E-state index in [0.29, 0.717) is 19.5 Å². The van der Waals surface area contributed by atoms with Crippen LogP contribution in [0.3, 0.4) is 0 Å². The minimum Gasteiger partial charge on any atom is -0.507 e. The molecule has 158 valence electrons. The lowest BCUT2D eigenvalue weighted by atomic mass is 9.82. The molecule has 3 rings (SSSR count). The zero-order valence-electron chi connectivity index (χ0n) is 16.6. The summed E-state index contributed by atoms with van der Waals surface area (Å²) in [7, 11) is -1.55. The molecule has 0 saturated carbocycles. The molecule has 9 heteroatoms. The van der Waals surface area contributed by atoms with Gasteiger partial charge in [-0.25, -0.2) is 4.79 Å². The number of carbonyl (C=O) groups is 2. The fraction of sp³-hybridized carbons (Fsp3) is 0.333. The van der Waals surface area contributed by atoms with Gasteiger partial charge in [-0.15, -0.1) is 0 Å². The lowest BCUT2D eigenvalue weighted by molar-refractivity contribution is -0.139. The second kappa shape index (κ2) is 9.19. The number of amides is 1. The normalized spacial score (nSPS) is 13.6. The topological polar surface area (TPSA) is 128 Å². The van der Waals surface area contributed by atoms with Crippen LogP contribution in [0.2, 0.25) is 6.32 Å². The van der Waals surface area contributed by atoms with E-state index in [0.717, 1.165) is 11.1 Å². The number of likely N-dealkylation sites (tertiary alicyclic amines) is 1. The molecule has 2 aromatic carbocycles. The van der Waals surface area contributed by atoms with E-state index in [9.17, 15) is 19.8 Å².